The monoisotopic (exact) mass is 191 g/mol. The Balaban J connectivity index is 2.45. The lowest BCUT2D eigenvalue weighted by atomic mass is 10.2. The van der Waals surface area contributed by atoms with Crippen LogP contribution in [0.2, 0.25) is 0 Å². The Kier molecular flexibility index (Phi) is 3.47. The Hall–Kier alpha value is -2.06. The van der Waals surface area contributed by atoms with Crippen LogP contribution in [0.3, 0.4) is 0 Å². The Labute approximate surface area is 80.9 Å². The number of nitrogens with zero attached hydrogens (tertiary/aromatic N) is 1. The number of carboxylic acids is 1. The average Bonchev–Trinajstić information content (AvgIpc) is 2.18. The standard InChI is InChI=1S/C9H9N3O2/c10-5-7-1-3-8(4-2-7)12-11-6-9(13)14/h1-4,11-12H,6H2,(H,13,14). The molecule has 0 spiro atoms. The van der Waals surface area contributed by atoms with E-state index in [-0.39, 0.29) is 6.54 Å². The van der Waals surface area contributed by atoms with Crippen LogP contribution in [0, 0.1) is 11.3 Å². The highest BCUT2D eigenvalue weighted by Gasteiger charge is 1.95. The molecule has 0 aliphatic carbocycles. The summed E-state index contributed by atoms with van der Waals surface area (Å²) in [5.41, 5.74) is 6.47. The van der Waals surface area contributed by atoms with Crippen LogP contribution in [0.15, 0.2) is 24.3 Å². The van der Waals surface area contributed by atoms with Gasteiger partial charge in [-0.3, -0.25) is 4.79 Å². The molecule has 0 aliphatic heterocycles. The molecule has 1 aromatic carbocycles. The van der Waals surface area contributed by atoms with Gasteiger partial charge in [0.15, 0.2) is 0 Å². The van der Waals surface area contributed by atoms with Crippen LogP contribution in [0.4, 0.5) is 5.69 Å². The van der Waals surface area contributed by atoms with Crippen LogP contribution >= 0.6 is 0 Å². The van der Waals surface area contributed by atoms with E-state index < -0.39 is 5.97 Å². The fourth-order valence-corrected chi connectivity index (χ4v) is 0.850. The van der Waals surface area contributed by atoms with Gasteiger partial charge in [0.05, 0.1) is 11.6 Å². The van der Waals surface area contributed by atoms with Gasteiger partial charge in [-0.05, 0) is 24.3 Å². The number of anilines is 1. The first-order valence-electron chi connectivity index (χ1n) is 3.93. The van der Waals surface area contributed by atoms with Gasteiger partial charge in [0, 0.05) is 5.69 Å². The summed E-state index contributed by atoms with van der Waals surface area (Å²) in [4.78, 5) is 10.1. The van der Waals surface area contributed by atoms with Crippen molar-refractivity contribution in [3.05, 3.63) is 29.8 Å². The summed E-state index contributed by atoms with van der Waals surface area (Å²) in [6.45, 7) is -0.167. The number of aliphatic carboxylic acids is 1. The zero-order chi connectivity index (χ0) is 10.4. The van der Waals surface area contributed by atoms with Crippen molar-refractivity contribution < 1.29 is 9.90 Å². The molecular weight excluding hydrogens is 182 g/mol. The number of carboxylic acid groups (broad SMARTS) is 1. The molecule has 0 amide bonds. The molecule has 1 aromatic rings. The molecule has 5 heteroatoms. The molecule has 72 valence electrons. The highest BCUT2D eigenvalue weighted by Crippen LogP contribution is 2.06. The normalized spacial score (nSPS) is 9.07. The molecule has 0 radical (unpaired) electrons. The molecule has 5 nitrogen and oxygen atoms in total. The lowest BCUT2D eigenvalue weighted by Crippen LogP contribution is -2.27. The number of nitriles is 1. The summed E-state index contributed by atoms with van der Waals surface area (Å²) in [6.07, 6.45) is 0. The van der Waals surface area contributed by atoms with Gasteiger partial charge in [0.2, 0.25) is 0 Å². The van der Waals surface area contributed by atoms with E-state index in [1.165, 1.54) is 0 Å². The van der Waals surface area contributed by atoms with E-state index in [0.29, 0.717) is 11.3 Å². The third kappa shape index (κ3) is 3.13. The van der Waals surface area contributed by atoms with E-state index in [0.717, 1.165) is 0 Å². The summed E-state index contributed by atoms with van der Waals surface area (Å²) >= 11 is 0. The highest BCUT2D eigenvalue weighted by molar-refractivity contribution is 5.69. The van der Waals surface area contributed by atoms with Crippen LogP contribution in [-0.4, -0.2) is 17.6 Å². The second kappa shape index (κ2) is 4.84. The van der Waals surface area contributed by atoms with E-state index in [1.54, 1.807) is 24.3 Å². The van der Waals surface area contributed by atoms with Gasteiger partial charge in [-0.15, -0.1) is 0 Å². The molecule has 0 saturated heterocycles. The van der Waals surface area contributed by atoms with E-state index in [4.69, 9.17) is 10.4 Å². The van der Waals surface area contributed by atoms with Crippen molar-refractivity contribution in [1.82, 2.24) is 5.43 Å². The first-order valence-corrected chi connectivity index (χ1v) is 3.93. The van der Waals surface area contributed by atoms with Crippen LogP contribution < -0.4 is 10.9 Å². The number of hydrogen-bond acceptors (Lipinski definition) is 4. The van der Waals surface area contributed by atoms with Gasteiger partial charge in [-0.2, -0.15) is 5.26 Å². The van der Waals surface area contributed by atoms with Crippen molar-refractivity contribution in [2.24, 2.45) is 0 Å². The molecule has 0 bridgehead atoms. The minimum absolute atomic E-state index is 0.167. The molecule has 0 saturated carbocycles. The smallest absolute Gasteiger partial charge is 0.319 e. The SMILES string of the molecule is N#Cc1ccc(NNCC(=O)O)cc1. The van der Waals surface area contributed by atoms with E-state index in [9.17, 15) is 4.79 Å². The van der Waals surface area contributed by atoms with E-state index >= 15 is 0 Å². The molecule has 0 atom stereocenters. The van der Waals surface area contributed by atoms with Gasteiger partial charge in [-0.1, -0.05) is 0 Å². The van der Waals surface area contributed by atoms with Gasteiger partial charge in [0.1, 0.15) is 6.54 Å². The van der Waals surface area contributed by atoms with Gasteiger partial charge >= 0.3 is 5.97 Å². The Bertz CT molecular complexity index is 353. The van der Waals surface area contributed by atoms with E-state index in [1.807, 2.05) is 6.07 Å². The molecule has 0 unspecified atom stereocenters. The summed E-state index contributed by atoms with van der Waals surface area (Å²) in [5.74, 6) is -0.939. The third-order valence-corrected chi connectivity index (χ3v) is 1.49. The fraction of sp³-hybridized carbons (Fsp3) is 0.111. The zero-order valence-electron chi connectivity index (χ0n) is 7.32. The van der Waals surface area contributed by atoms with Crippen molar-refractivity contribution in [2.75, 3.05) is 12.0 Å². The molecule has 1 rings (SSSR count). The number of rotatable bonds is 4. The maximum Gasteiger partial charge on any atom is 0.319 e. The molecule has 14 heavy (non-hydrogen) atoms. The number of benzene rings is 1. The molecule has 0 heterocycles. The second-order valence-corrected chi connectivity index (χ2v) is 2.56. The minimum Gasteiger partial charge on any atom is -0.480 e. The van der Waals surface area contributed by atoms with Gasteiger partial charge < -0.3 is 10.5 Å². The Morgan fingerprint density at radius 2 is 2.07 bits per heavy atom. The highest BCUT2D eigenvalue weighted by atomic mass is 16.4. The van der Waals surface area contributed by atoms with Crippen molar-refractivity contribution in [3.8, 4) is 6.07 Å². The predicted octanol–water partition coefficient (Wildman–Crippen LogP) is 0.559. The fourth-order valence-electron chi connectivity index (χ4n) is 0.850. The first-order chi connectivity index (χ1) is 6.72. The maximum absolute atomic E-state index is 10.1. The number of carbonyl (C=O) groups is 1. The maximum atomic E-state index is 10.1. The largest absolute Gasteiger partial charge is 0.480 e. The lowest BCUT2D eigenvalue weighted by molar-refractivity contribution is -0.135. The molecule has 3 N–H and O–H groups in total. The van der Waals surface area contributed by atoms with Crippen LogP contribution in [-0.2, 0) is 4.79 Å². The molecule has 0 aromatic heterocycles. The van der Waals surface area contributed by atoms with Crippen molar-refractivity contribution in [1.29, 1.82) is 5.26 Å². The van der Waals surface area contributed by atoms with Gasteiger partial charge in [-0.25, -0.2) is 5.43 Å². The van der Waals surface area contributed by atoms with Crippen LogP contribution in [0.5, 0.6) is 0 Å². The van der Waals surface area contributed by atoms with Crippen molar-refractivity contribution in [2.45, 2.75) is 0 Å². The Morgan fingerprint density at radius 1 is 1.43 bits per heavy atom. The second-order valence-electron chi connectivity index (χ2n) is 2.56. The average molecular weight is 191 g/mol. The number of hydrazine groups is 1. The summed E-state index contributed by atoms with van der Waals surface area (Å²) in [5, 5.41) is 16.8. The molecule has 0 aliphatic rings. The van der Waals surface area contributed by atoms with Gasteiger partial charge in [0.25, 0.3) is 0 Å². The summed E-state index contributed by atoms with van der Waals surface area (Å²) in [6, 6.07) is 8.65. The van der Waals surface area contributed by atoms with Crippen molar-refractivity contribution in [3.63, 3.8) is 0 Å². The van der Waals surface area contributed by atoms with Crippen LogP contribution in [0.1, 0.15) is 5.56 Å². The third-order valence-electron chi connectivity index (χ3n) is 1.49. The first kappa shape index (κ1) is 10.0. The zero-order valence-corrected chi connectivity index (χ0v) is 7.32. The number of nitrogens with one attached hydrogen (secondary N) is 2. The molecule has 0 fully saturated rings. The lowest BCUT2D eigenvalue weighted by Gasteiger charge is -2.05. The summed E-state index contributed by atoms with van der Waals surface area (Å²) < 4.78 is 0. The predicted molar refractivity (Wildman–Crippen MR) is 50.4 cm³/mol. The van der Waals surface area contributed by atoms with E-state index in [2.05, 4.69) is 10.9 Å². The summed E-state index contributed by atoms with van der Waals surface area (Å²) in [7, 11) is 0. The number of hydrogen-bond donors (Lipinski definition) is 3. The van der Waals surface area contributed by atoms with Crippen molar-refractivity contribution >= 4 is 11.7 Å². The molecular formula is C9H9N3O2. The quantitative estimate of drug-likeness (QED) is 0.605. The minimum atomic E-state index is -0.939. The van der Waals surface area contributed by atoms with Crippen LogP contribution in [0.25, 0.3) is 0 Å². The topological polar surface area (TPSA) is 85.2 Å². The Morgan fingerprint density at radius 3 is 2.57 bits per heavy atom.